The number of nitrogens with zero attached hydrogens (tertiary/aromatic N) is 4. The molecule has 0 aliphatic carbocycles. The lowest BCUT2D eigenvalue weighted by atomic mass is 10.3. The van der Waals surface area contributed by atoms with E-state index in [1.165, 1.54) is 35.8 Å². The molecule has 1 aromatic heterocycles. The number of aromatic nitrogens is 2. The number of aryl methyl sites for hydroxylation is 1. The molecular weight excluding hydrogens is 331 g/mol. The van der Waals surface area contributed by atoms with Crippen molar-refractivity contribution in [2.45, 2.75) is 13.3 Å². The van der Waals surface area contributed by atoms with Gasteiger partial charge in [0.15, 0.2) is 6.61 Å². The quantitative estimate of drug-likeness (QED) is 0.825. The maximum Gasteiger partial charge on any atom is 0.260 e. The van der Waals surface area contributed by atoms with E-state index in [1.54, 1.807) is 4.90 Å². The minimum absolute atomic E-state index is 0.0373. The summed E-state index contributed by atoms with van der Waals surface area (Å²) in [6, 6.07) is 5.65. The summed E-state index contributed by atoms with van der Waals surface area (Å²) >= 11 is 1.40. The van der Waals surface area contributed by atoms with Crippen LogP contribution in [0.4, 0.5) is 9.52 Å². The number of rotatable bonds is 5. The molecule has 0 saturated carbocycles. The van der Waals surface area contributed by atoms with E-state index in [4.69, 9.17) is 4.74 Å². The summed E-state index contributed by atoms with van der Waals surface area (Å²) in [5, 5.41) is 0.918. The number of hydrogen-bond donors (Lipinski definition) is 0. The Labute approximate surface area is 144 Å². The normalized spacial score (nSPS) is 14.8. The van der Waals surface area contributed by atoms with Gasteiger partial charge in [-0.1, -0.05) is 6.92 Å². The van der Waals surface area contributed by atoms with Crippen LogP contribution in [0.5, 0.6) is 5.75 Å². The average Bonchev–Trinajstić information content (AvgIpc) is 3.10. The highest BCUT2D eigenvalue weighted by Gasteiger charge is 2.23. The van der Waals surface area contributed by atoms with Gasteiger partial charge in [-0.25, -0.2) is 9.37 Å². The van der Waals surface area contributed by atoms with Crippen LogP contribution in [0, 0.1) is 5.82 Å². The van der Waals surface area contributed by atoms with Crippen LogP contribution in [0.25, 0.3) is 0 Å². The molecule has 0 N–H and O–H groups in total. The van der Waals surface area contributed by atoms with Gasteiger partial charge in [-0.15, -0.1) is 0 Å². The molecule has 24 heavy (non-hydrogen) atoms. The molecular formula is C16H19FN4O2S. The van der Waals surface area contributed by atoms with Gasteiger partial charge in [0.2, 0.25) is 5.13 Å². The third kappa shape index (κ3) is 4.00. The summed E-state index contributed by atoms with van der Waals surface area (Å²) in [6.45, 7) is 4.73. The van der Waals surface area contributed by atoms with Crippen LogP contribution in [0.3, 0.4) is 0 Å². The molecule has 0 atom stereocenters. The largest absolute Gasteiger partial charge is 0.484 e. The standard InChI is InChI=1S/C16H19FN4O2S/c1-2-14-18-16(24-19-14)21-9-7-20(8-10-21)15(22)11-23-13-5-3-12(17)4-6-13/h3-6H,2,7-11H2,1H3. The molecule has 2 aromatic rings. The van der Waals surface area contributed by atoms with Gasteiger partial charge in [0.05, 0.1) is 0 Å². The predicted molar refractivity (Wildman–Crippen MR) is 90.0 cm³/mol. The fourth-order valence-electron chi connectivity index (χ4n) is 2.43. The summed E-state index contributed by atoms with van der Waals surface area (Å²) in [4.78, 5) is 20.6. The van der Waals surface area contributed by atoms with E-state index >= 15 is 0 Å². The molecule has 1 amide bonds. The zero-order chi connectivity index (χ0) is 16.9. The highest BCUT2D eigenvalue weighted by molar-refractivity contribution is 7.09. The molecule has 1 aliphatic rings. The molecule has 1 saturated heterocycles. The first kappa shape index (κ1) is 16.6. The van der Waals surface area contributed by atoms with Crippen LogP contribution in [0.15, 0.2) is 24.3 Å². The number of benzene rings is 1. The smallest absolute Gasteiger partial charge is 0.260 e. The highest BCUT2D eigenvalue weighted by atomic mass is 32.1. The van der Waals surface area contributed by atoms with Gasteiger partial charge in [-0.05, 0) is 24.3 Å². The second kappa shape index (κ2) is 7.57. The minimum atomic E-state index is -0.326. The first-order chi connectivity index (χ1) is 11.7. The number of ether oxygens (including phenoxy) is 1. The monoisotopic (exact) mass is 350 g/mol. The summed E-state index contributed by atoms with van der Waals surface area (Å²) < 4.78 is 22.5. The number of carbonyl (C=O) groups is 1. The lowest BCUT2D eigenvalue weighted by Gasteiger charge is -2.34. The molecule has 128 valence electrons. The maximum atomic E-state index is 12.8. The summed E-state index contributed by atoms with van der Waals surface area (Å²) in [6.07, 6.45) is 0.829. The Morgan fingerprint density at radius 2 is 1.96 bits per heavy atom. The summed E-state index contributed by atoms with van der Waals surface area (Å²) in [5.41, 5.74) is 0. The fraction of sp³-hybridized carbons (Fsp3) is 0.438. The Kier molecular flexibility index (Phi) is 5.24. The van der Waals surface area contributed by atoms with E-state index in [0.717, 1.165) is 30.5 Å². The molecule has 0 spiro atoms. The lowest BCUT2D eigenvalue weighted by Crippen LogP contribution is -2.50. The summed E-state index contributed by atoms with van der Waals surface area (Å²) in [5.74, 6) is 0.962. The van der Waals surface area contributed by atoms with Crippen molar-refractivity contribution in [1.82, 2.24) is 14.3 Å². The SMILES string of the molecule is CCc1nsc(N2CCN(C(=O)COc3ccc(F)cc3)CC2)n1. The third-order valence-corrected chi connectivity index (χ3v) is 4.67. The molecule has 1 aliphatic heterocycles. The number of anilines is 1. The zero-order valence-corrected chi connectivity index (χ0v) is 14.3. The van der Waals surface area contributed by atoms with E-state index in [-0.39, 0.29) is 18.3 Å². The average molecular weight is 350 g/mol. The molecule has 0 bridgehead atoms. The van der Waals surface area contributed by atoms with Gasteiger partial charge in [-0.2, -0.15) is 4.37 Å². The van der Waals surface area contributed by atoms with Crippen LogP contribution >= 0.6 is 11.5 Å². The van der Waals surface area contributed by atoms with Crippen molar-refractivity contribution in [2.24, 2.45) is 0 Å². The van der Waals surface area contributed by atoms with Crippen molar-refractivity contribution < 1.29 is 13.9 Å². The fourth-order valence-corrected chi connectivity index (χ4v) is 3.23. The Bertz CT molecular complexity index is 684. The topological polar surface area (TPSA) is 58.6 Å². The first-order valence-corrected chi connectivity index (χ1v) is 8.66. The van der Waals surface area contributed by atoms with Crippen molar-refractivity contribution in [3.05, 3.63) is 35.9 Å². The minimum Gasteiger partial charge on any atom is -0.484 e. The van der Waals surface area contributed by atoms with Gasteiger partial charge >= 0.3 is 0 Å². The molecule has 0 radical (unpaired) electrons. The van der Waals surface area contributed by atoms with Crippen LogP contribution in [-0.4, -0.2) is 53.0 Å². The van der Waals surface area contributed by atoms with Crippen molar-refractivity contribution >= 4 is 22.6 Å². The Morgan fingerprint density at radius 1 is 1.25 bits per heavy atom. The Hall–Kier alpha value is -2.22. The molecule has 8 heteroatoms. The number of amides is 1. The maximum absolute atomic E-state index is 12.8. The molecule has 1 fully saturated rings. The van der Waals surface area contributed by atoms with Gasteiger partial charge < -0.3 is 14.5 Å². The first-order valence-electron chi connectivity index (χ1n) is 7.89. The van der Waals surface area contributed by atoms with Crippen molar-refractivity contribution in [3.63, 3.8) is 0 Å². The summed E-state index contributed by atoms with van der Waals surface area (Å²) in [7, 11) is 0. The van der Waals surface area contributed by atoms with Crippen LogP contribution in [0.2, 0.25) is 0 Å². The molecule has 3 rings (SSSR count). The molecule has 0 unspecified atom stereocenters. The van der Waals surface area contributed by atoms with Gasteiger partial charge in [0.1, 0.15) is 17.4 Å². The van der Waals surface area contributed by atoms with E-state index in [2.05, 4.69) is 14.3 Å². The third-order valence-electron chi connectivity index (χ3n) is 3.85. The molecule has 2 heterocycles. The van der Waals surface area contributed by atoms with Gasteiger partial charge in [0, 0.05) is 44.1 Å². The van der Waals surface area contributed by atoms with E-state index < -0.39 is 0 Å². The van der Waals surface area contributed by atoms with Crippen LogP contribution < -0.4 is 9.64 Å². The second-order valence-corrected chi connectivity index (χ2v) is 6.19. The Balaban J connectivity index is 1.47. The van der Waals surface area contributed by atoms with Crippen LogP contribution in [0.1, 0.15) is 12.7 Å². The number of hydrogen-bond acceptors (Lipinski definition) is 6. The number of halogens is 1. The van der Waals surface area contributed by atoms with Crippen molar-refractivity contribution in [1.29, 1.82) is 0 Å². The van der Waals surface area contributed by atoms with Gasteiger partial charge in [-0.3, -0.25) is 4.79 Å². The van der Waals surface area contributed by atoms with E-state index in [1.807, 2.05) is 6.92 Å². The number of carbonyl (C=O) groups excluding carboxylic acids is 1. The van der Waals surface area contributed by atoms with E-state index in [9.17, 15) is 9.18 Å². The highest BCUT2D eigenvalue weighted by Crippen LogP contribution is 2.19. The number of piperazine rings is 1. The van der Waals surface area contributed by atoms with Crippen molar-refractivity contribution in [3.8, 4) is 5.75 Å². The van der Waals surface area contributed by atoms with Gasteiger partial charge in [0.25, 0.3) is 5.91 Å². The lowest BCUT2D eigenvalue weighted by molar-refractivity contribution is -0.133. The molecule has 6 nitrogen and oxygen atoms in total. The zero-order valence-electron chi connectivity index (χ0n) is 13.4. The second-order valence-electron chi connectivity index (χ2n) is 5.46. The molecule has 1 aromatic carbocycles. The Morgan fingerprint density at radius 3 is 2.58 bits per heavy atom. The van der Waals surface area contributed by atoms with E-state index in [0.29, 0.717) is 18.8 Å². The predicted octanol–water partition coefficient (Wildman–Crippen LogP) is 1.97. The van der Waals surface area contributed by atoms with Crippen molar-refractivity contribution in [2.75, 3.05) is 37.7 Å². The van der Waals surface area contributed by atoms with Crippen LogP contribution in [-0.2, 0) is 11.2 Å².